The molecule has 1 aromatic carbocycles. The fraction of sp³-hybridized carbons (Fsp3) is 0.400. The van der Waals surface area contributed by atoms with Crippen molar-refractivity contribution in [3.63, 3.8) is 0 Å². The lowest BCUT2D eigenvalue weighted by atomic mass is 10.2. The van der Waals surface area contributed by atoms with Gasteiger partial charge >= 0.3 is 11.7 Å². The Labute approximate surface area is 180 Å². The summed E-state index contributed by atoms with van der Waals surface area (Å²) in [5, 5.41) is -0.233. The van der Waals surface area contributed by atoms with Crippen LogP contribution in [0.3, 0.4) is 0 Å². The van der Waals surface area contributed by atoms with E-state index >= 15 is 0 Å². The molecule has 2 aromatic heterocycles. The average molecular weight is 446 g/mol. The Morgan fingerprint density at radius 3 is 2.48 bits per heavy atom. The number of nitrogens with zero attached hydrogens (tertiary/aromatic N) is 5. The molecule has 0 saturated heterocycles. The van der Waals surface area contributed by atoms with E-state index in [2.05, 4.69) is 9.97 Å². The number of carbonyl (C=O) groups excluding carboxylic acids is 1. The second-order valence-corrected chi connectivity index (χ2v) is 9.74. The summed E-state index contributed by atoms with van der Waals surface area (Å²) >= 11 is 0. The highest BCUT2D eigenvalue weighted by Gasteiger charge is 2.27. The van der Waals surface area contributed by atoms with E-state index in [1.165, 1.54) is 9.47 Å². The topological polar surface area (TPSA) is 140 Å². The lowest BCUT2D eigenvalue weighted by Gasteiger charge is -2.21. The van der Waals surface area contributed by atoms with Gasteiger partial charge in [0.2, 0.25) is 5.16 Å². The van der Waals surface area contributed by atoms with Crippen LogP contribution >= 0.6 is 0 Å². The lowest BCUT2D eigenvalue weighted by molar-refractivity contribution is 0.199. The van der Waals surface area contributed by atoms with E-state index in [9.17, 15) is 13.8 Å². The standard InChI is InChI=1S/C20H27N7O3S/c1-5-11-31(22,30)18-23-16(21)15-17(24-18)26(12-14-9-7-6-8-10-14)20(29)27(15)19(28)25(4)13(2)3/h6-10,13,22H,5,11-12H2,1-4H3,(H2,21,23,24). The summed E-state index contributed by atoms with van der Waals surface area (Å²) in [5.41, 5.74) is 6.46. The molecule has 1 atom stereocenters. The third-order valence-corrected chi connectivity index (χ3v) is 6.77. The maximum Gasteiger partial charge on any atom is 0.339 e. The molecule has 0 aliphatic carbocycles. The number of anilines is 1. The Hall–Kier alpha value is -3.21. The smallest absolute Gasteiger partial charge is 0.339 e. The molecule has 3 N–H and O–H groups in total. The van der Waals surface area contributed by atoms with Crippen LogP contribution in [0.1, 0.15) is 32.8 Å². The quantitative estimate of drug-likeness (QED) is 0.558. The first kappa shape index (κ1) is 22.5. The summed E-state index contributed by atoms with van der Waals surface area (Å²) < 4.78 is 23.2. The molecule has 0 aliphatic heterocycles. The Kier molecular flexibility index (Phi) is 6.16. The van der Waals surface area contributed by atoms with Crippen LogP contribution in [-0.4, -0.2) is 53.1 Å². The molecule has 0 bridgehead atoms. The molecule has 1 amide bonds. The molecule has 3 rings (SSSR count). The molecule has 1 unspecified atom stereocenters. The van der Waals surface area contributed by atoms with Crippen molar-refractivity contribution in [2.45, 2.75) is 44.9 Å². The van der Waals surface area contributed by atoms with Crippen molar-refractivity contribution >= 4 is 32.7 Å². The van der Waals surface area contributed by atoms with Crippen molar-refractivity contribution in [2.75, 3.05) is 18.5 Å². The monoisotopic (exact) mass is 445 g/mol. The van der Waals surface area contributed by atoms with Crippen LogP contribution in [0.4, 0.5) is 10.6 Å². The first-order chi connectivity index (χ1) is 14.6. The number of fused-ring (bicyclic) bond motifs is 1. The van der Waals surface area contributed by atoms with Crippen molar-refractivity contribution in [3.8, 4) is 0 Å². The number of nitrogens with two attached hydrogens (primary N) is 1. The van der Waals surface area contributed by atoms with Gasteiger partial charge in [0.1, 0.15) is 15.2 Å². The van der Waals surface area contributed by atoms with Crippen molar-refractivity contribution < 1.29 is 9.00 Å². The summed E-state index contributed by atoms with van der Waals surface area (Å²) in [6.07, 6.45) is 0.499. The second kappa shape index (κ2) is 8.50. The number of nitrogen functional groups attached to an aromatic ring is 1. The normalized spacial score (nSPS) is 13.5. The molecule has 0 saturated carbocycles. The number of amides is 1. The molecule has 0 spiro atoms. The highest BCUT2D eigenvalue weighted by atomic mass is 32.2. The first-order valence-corrected chi connectivity index (χ1v) is 11.7. The largest absolute Gasteiger partial charge is 0.382 e. The molecule has 3 aromatic rings. The van der Waals surface area contributed by atoms with Crippen LogP contribution in [0.15, 0.2) is 40.3 Å². The number of benzene rings is 1. The van der Waals surface area contributed by atoms with Crippen LogP contribution < -0.4 is 11.4 Å². The van der Waals surface area contributed by atoms with Gasteiger partial charge in [-0.05, 0) is 25.8 Å². The number of imidazole rings is 1. The molecule has 166 valence electrons. The van der Waals surface area contributed by atoms with E-state index in [1.807, 2.05) is 44.2 Å². The Bertz CT molecular complexity index is 1280. The zero-order chi connectivity index (χ0) is 22.9. The van der Waals surface area contributed by atoms with Gasteiger partial charge in [0.05, 0.1) is 6.54 Å². The molecule has 11 heteroatoms. The van der Waals surface area contributed by atoms with Crippen molar-refractivity contribution in [1.82, 2.24) is 24.0 Å². The zero-order valence-corrected chi connectivity index (χ0v) is 18.8. The summed E-state index contributed by atoms with van der Waals surface area (Å²) in [6, 6.07) is 8.48. The van der Waals surface area contributed by atoms with Gasteiger partial charge in [0.15, 0.2) is 11.5 Å². The molecule has 31 heavy (non-hydrogen) atoms. The fourth-order valence-corrected chi connectivity index (χ4v) is 4.38. The predicted molar refractivity (Wildman–Crippen MR) is 120 cm³/mol. The van der Waals surface area contributed by atoms with Gasteiger partial charge in [-0.2, -0.15) is 4.98 Å². The third-order valence-electron chi connectivity index (χ3n) is 5.01. The highest BCUT2D eigenvalue weighted by molar-refractivity contribution is 7.92. The molecular formula is C20H27N7O3S. The number of nitrogens with one attached hydrogen (secondary N) is 1. The van der Waals surface area contributed by atoms with E-state index < -0.39 is 21.4 Å². The van der Waals surface area contributed by atoms with Gasteiger partial charge in [-0.1, -0.05) is 37.3 Å². The van der Waals surface area contributed by atoms with Gasteiger partial charge < -0.3 is 10.6 Å². The minimum Gasteiger partial charge on any atom is -0.382 e. The molecule has 10 nitrogen and oxygen atoms in total. The summed E-state index contributed by atoms with van der Waals surface area (Å²) in [5.74, 6) is -0.0955. The van der Waals surface area contributed by atoms with Gasteiger partial charge in [-0.3, -0.25) is 4.57 Å². The van der Waals surface area contributed by atoms with Crippen molar-refractivity contribution in [2.24, 2.45) is 0 Å². The van der Waals surface area contributed by atoms with Gasteiger partial charge in [-0.15, -0.1) is 0 Å². The SMILES string of the molecule is CCCS(=N)(=O)c1nc(N)c2c(n1)n(Cc1ccccc1)c(=O)n2C(=O)N(C)C(C)C. The number of carbonyl (C=O) groups is 1. The summed E-state index contributed by atoms with van der Waals surface area (Å²) in [7, 11) is -1.70. The van der Waals surface area contributed by atoms with Gasteiger partial charge in [0, 0.05) is 18.8 Å². The third kappa shape index (κ3) is 4.18. The van der Waals surface area contributed by atoms with E-state index in [-0.39, 0.29) is 40.5 Å². The van der Waals surface area contributed by atoms with Crippen LogP contribution in [0.5, 0.6) is 0 Å². The maximum absolute atomic E-state index is 13.3. The van der Waals surface area contributed by atoms with E-state index in [4.69, 9.17) is 10.5 Å². The molecule has 2 heterocycles. The van der Waals surface area contributed by atoms with E-state index in [0.717, 1.165) is 10.1 Å². The Morgan fingerprint density at radius 1 is 1.26 bits per heavy atom. The molecule has 0 aliphatic rings. The minimum absolute atomic E-state index is 0.0499. The zero-order valence-electron chi connectivity index (χ0n) is 18.0. The highest BCUT2D eigenvalue weighted by Crippen LogP contribution is 2.22. The Balaban J connectivity index is 2.34. The fourth-order valence-electron chi connectivity index (χ4n) is 3.14. The van der Waals surface area contributed by atoms with Crippen LogP contribution in [-0.2, 0) is 16.3 Å². The number of rotatable bonds is 6. The molecule has 0 radical (unpaired) electrons. The minimum atomic E-state index is -3.29. The molecule has 0 fully saturated rings. The maximum atomic E-state index is 13.3. The van der Waals surface area contributed by atoms with Gasteiger partial charge in [-0.25, -0.2) is 28.1 Å². The number of hydrogen-bond acceptors (Lipinski definition) is 7. The average Bonchev–Trinajstić information content (AvgIpc) is 3.00. The molecular weight excluding hydrogens is 418 g/mol. The van der Waals surface area contributed by atoms with Crippen molar-refractivity contribution in [3.05, 3.63) is 46.4 Å². The van der Waals surface area contributed by atoms with Crippen LogP contribution in [0.2, 0.25) is 0 Å². The first-order valence-electron chi connectivity index (χ1n) is 9.94. The van der Waals surface area contributed by atoms with Crippen LogP contribution in [0.25, 0.3) is 11.2 Å². The predicted octanol–water partition coefficient (Wildman–Crippen LogP) is 2.35. The van der Waals surface area contributed by atoms with E-state index in [0.29, 0.717) is 6.42 Å². The summed E-state index contributed by atoms with van der Waals surface area (Å²) in [6.45, 7) is 5.58. The number of hydrogen-bond donors (Lipinski definition) is 2. The van der Waals surface area contributed by atoms with Crippen LogP contribution in [0, 0.1) is 4.78 Å². The van der Waals surface area contributed by atoms with Gasteiger partial charge in [0.25, 0.3) is 0 Å². The second-order valence-electron chi connectivity index (χ2n) is 7.62. The summed E-state index contributed by atoms with van der Waals surface area (Å²) in [4.78, 5) is 36.2. The van der Waals surface area contributed by atoms with E-state index in [1.54, 1.807) is 14.0 Å². The Morgan fingerprint density at radius 2 is 1.90 bits per heavy atom. The van der Waals surface area contributed by atoms with Crippen molar-refractivity contribution in [1.29, 1.82) is 4.78 Å². The lowest BCUT2D eigenvalue weighted by Crippen LogP contribution is -2.41. The number of aromatic nitrogens is 4.